The Morgan fingerprint density at radius 3 is 2.60 bits per heavy atom. The smallest absolute Gasteiger partial charge is 0.228 e. The first-order valence-corrected chi connectivity index (χ1v) is 7.82. The van der Waals surface area contributed by atoms with Gasteiger partial charge in [0.1, 0.15) is 0 Å². The molecular weight excluding hydrogens is 274 g/mol. The van der Waals surface area contributed by atoms with Crippen molar-refractivity contribution in [2.45, 2.75) is 37.7 Å². The van der Waals surface area contributed by atoms with Crippen LogP contribution in [0.4, 0.5) is 5.95 Å². The molecule has 0 saturated carbocycles. The molecule has 0 aromatic carbocycles. The van der Waals surface area contributed by atoms with Crippen LogP contribution < -0.4 is 4.90 Å². The van der Waals surface area contributed by atoms with Crippen molar-refractivity contribution in [2.24, 2.45) is 5.92 Å². The number of nitriles is 1. The predicted octanol–water partition coefficient (Wildman–Crippen LogP) is 1.77. The first-order valence-electron chi connectivity index (χ1n) is 6.94. The third-order valence-electron chi connectivity index (χ3n) is 3.00. The molecule has 0 bridgehead atoms. The Labute approximate surface area is 124 Å². The van der Waals surface area contributed by atoms with Crippen LogP contribution in [0.1, 0.15) is 20.8 Å². The minimum atomic E-state index is -0.123. The van der Waals surface area contributed by atoms with Crippen molar-refractivity contribution in [3.05, 3.63) is 0 Å². The van der Waals surface area contributed by atoms with E-state index in [1.807, 2.05) is 6.92 Å². The maximum atomic E-state index is 8.97. The summed E-state index contributed by atoms with van der Waals surface area (Å²) < 4.78 is 7.52. The molecule has 1 fully saturated rings. The molecule has 7 heteroatoms. The second-order valence-electron chi connectivity index (χ2n) is 5.28. The SMILES string of the molecule is CC(C)Cn1c(SC(C)C#N)nnc1N1CCOCC1. The van der Waals surface area contributed by atoms with Gasteiger partial charge in [-0.2, -0.15) is 5.26 Å². The highest BCUT2D eigenvalue weighted by atomic mass is 32.2. The molecule has 2 rings (SSSR count). The second-order valence-corrected chi connectivity index (χ2v) is 6.58. The summed E-state index contributed by atoms with van der Waals surface area (Å²) in [6, 6.07) is 2.23. The second kappa shape index (κ2) is 6.95. The number of anilines is 1. The summed E-state index contributed by atoms with van der Waals surface area (Å²) in [5.74, 6) is 1.40. The molecule has 0 amide bonds. The average molecular weight is 295 g/mol. The molecule has 20 heavy (non-hydrogen) atoms. The van der Waals surface area contributed by atoms with E-state index in [9.17, 15) is 0 Å². The van der Waals surface area contributed by atoms with Gasteiger partial charge in [0.2, 0.25) is 5.95 Å². The molecule has 1 saturated heterocycles. The first kappa shape index (κ1) is 15.1. The van der Waals surface area contributed by atoms with E-state index in [1.165, 1.54) is 11.8 Å². The molecule has 1 aromatic rings. The van der Waals surface area contributed by atoms with Gasteiger partial charge in [-0.1, -0.05) is 25.6 Å². The molecule has 1 atom stereocenters. The number of thioether (sulfide) groups is 1. The predicted molar refractivity (Wildman–Crippen MR) is 78.8 cm³/mol. The zero-order valence-electron chi connectivity index (χ0n) is 12.2. The maximum absolute atomic E-state index is 8.97. The van der Waals surface area contributed by atoms with Gasteiger partial charge in [0.15, 0.2) is 5.16 Å². The fourth-order valence-corrected chi connectivity index (χ4v) is 2.82. The number of ether oxygens (including phenoxy) is 1. The van der Waals surface area contributed by atoms with Crippen LogP contribution in [0.25, 0.3) is 0 Å². The Hall–Kier alpha value is -1.26. The number of hydrogen-bond donors (Lipinski definition) is 0. The van der Waals surface area contributed by atoms with Crippen LogP contribution in [0.5, 0.6) is 0 Å². The molecule has 2 heterocycles. The number of nitrogens with zero attached hydrogens (tertiary/aromatic N) is 5. The molecule has 0 spiro atoms. The van der Waals surface area contributed by atoms with Gasteiger partial charge < -0.3 is 9.64 Å². The van der Waals surface area contributed by atoms with Crippen LogP contribution >= 0.6 is 11.8 Å². The van der Waals surface area contributed by atoms with Crippen LogP contribution in [-0.2, 0) is 11.3 Å². The zero-order valence-corrected chi connectivity index (χ0v) is 13.1. The van der Waals surface area contributed by atoms with E-state index in [-0.39, 0.29) is 5.25 Å². The third-order valence-corrected chi connectivity index (χ3v) is 3.97. The van der Waals surface area contributed by atoms with Crippen LogP contribution in [-0.4, -0.2) is 46.3 Å². The number of rotatable bonds is 5. The summed E-state index contributed by atoms with van der Waals surface area (Å²) in [5.41, 5.74) is 0. The number of morpholine rings is 1. The lowest BCUT2D eigenvalue weighted by Gasteiger charge is -2.28. The van der Waals surface area contributed by atoms with Gasteiger partial charge in [0.25, 0.3) is 0 Å². The molecule has 6 nitrogen and oxygen atoms in total. The van der Waals surface area contributed by atoms with E-state index in [4.69, 9.17) is 10.00 Å². The van der Waals surface area contributed by atoms with Crippen LogP contribution in [0.3, 0.4) is 0 Å². The lowest BCUT2D eigenvalue weighted by molar-refractivity contribution is 0.121. The van der Waals surface area contributed by atoms with Crippen molar-refractivity contribution in [2.75, 3.05) is 31.2 Å². The van der Waals surface area contributed by atoms with E-state index >= 15 is 0 Å². The average Bonchev–Trinajstić information content (AvgIpc) is 2.82. The topological polar surface area (TPSA) is 67.0 Å². The van der Waals surface area contributed by atoms with Crippen molar-refractivity contribution in [1.29, 1.82) is 5.26 Å². The van der Waals surface area contributed by atoms with Gasteiger partial charge in [-0.15, -0.1) is 10.2 Å². The molecule has 1 aliphatic heterocycles. The van der Waals surface area contributed by atoms with Crippen LogP contribution in [0, 0.1) is 17.2 Å². The molecular formula is C13H21N5OS. The van der Waals surface area contributed by atoms with E-state index in [0.717, 1.165) is 44.0 Å². The van der Waals surface area contributed by atoms with Crippen LogP contribution in [0.15, 0.2) is 5.16 Å². The summed E-state index contributed by atoms with van der Waals surface area (Å²) in [7, 11) is 0. The zero-order chi connectivity index (χ0) is 14.5. The summed E-state index contributed by atoms with van der Waals surface area (Å²) in [4.78, 5) is 2.21. The Bertz CT molecular complexity index is 476. The molecule has 1 unspecified atom stereocenters. The highest BCUT2D eigenvalue weighted by molar-refractivity contribution is 8.00. The standard InChI is InChI=1S/C13H21N5OS/c1-10(2)9-18-12(17-4-6-19-7-5-17)15-16-13(18)20-11(3)8-14/h10-11H,4-7,9H2,1-3H3. The van der Waals surface area contributed by atoms with Crippen molar-refractivity contribution in [1.82, 2.24) is 14.8 Å². The van der Waals surface area contributed by atoms with Crippen molar-refractivity contribution < 1.29 is 4.74 Å². The van der Waals surface area contributed by atoms with Gasteiger partial charge in [-0.05, 0) is 12.8 Å². The highest BCUT2D eigenvalue weighted by Crippen LogP contribution is 2.26. The van der Waals surface area contributed by atoms with Gasteiger partial charge in [0, 0.05) is 19.6 Å². The van der Waals surface area contributed by atoms with Gasteiger partial charge in [-0.3, -0.25) is 4.57 Å². The third kappa shape index (κ3) is 3.64. The quantitative estimate of drug-likeness (QED) is 0.771. The molecule has 110 valence electrons. The van der Waals surface area contributed by atoms with E-state index < -0.39 is 0 Å². The van der Waals surface area contributed by atoms with E-state index in [0.29, 0.717) is 5.92 Å². The summed E-state index contributed by atoms with van der Waals surface area (Å²) in [6.45, 7) is 10.2. The Morgan fingerprint density at radius 2 is 2.00 bits per heavy atom. The van der Waals surface area contributed by atoms with Crippen molar-refractivity contribution in [3.63, 3.8) is 0 Å². The fraction of sp³-hybridized carbons (Fsp3) is 0.769. The van der Waals surface area contributed by atoms with Crippen molar-refractivity contribution in [3.8, 4) is 6.07 Å². The first-order chi connectivity index (χ1) is 9.61. The normalized spacial score (nSPS) is 17.2. The monoisotopic (exact) mass is 295 g/mol. The van der Waals surface area contributed by atoms with E-state index in [1.54, 1.807) is 0 Å². The highest BCUT2D eigenvalue weighted by Gasteiger charge is 2.22. The molecule has 1 aromatic heterocycles. The number of hydrogen-bond acceptors (Lipinski definition) is 6. The fourth-order valence-electron chi connectivity index (χ4n) is 2.07. The van der Waals surface area contributed by atoms with Gasteiger partial charge in [0.05, 0.1) is 24.5 Å². The molecule has 0 aliphatic carbocycles. The van der Waals surface area contributed by atoms with Gasteiger partial charge >= 0.3 is 0 Å². The molecule has 1 aliphatic rings. The minimum Gasteiger partial charge on any atom is -0.378 e. The van der Waals surface area contributed by atoms with E-state index in [2.05, 4.69) is 39.6 Å². The lowest BCUT2D eigenvalue weighted by Crippen LogP contribution is -2.38. The summed E-state index contributed by atoms with van der Waals surface area (Å²) in [5, 5.41) is 18.3. The number of aromatic nitrogens is 3. The summed E-state index contributed by atoms with van der Waals surface area (Å²) >= 11 is 1.47. The Morgan fingerprint density at radius 1 is 1.30 bits per heavy atom. The van der Waals surface area contributed by atoms with Crippen molar-refractivity contribution >= 4 is 17.7 Å². The maximum Gasteiger partial charge on any atom is 0.228 e. The largest absolute Gasteiger partial charge is 0.378 e. The molecule has 0 radical (unpaired) electrons. The summed E-state index contributed by atoms with van der Waals surface area (Å²) in [6.07, 6.45) is 0. The minimum absolute atomic E-state index is 0.123. The Kier molecular flexibility index (Phi) is 5.26. The Balaban J connectivity index is 2.24. The molecule has 0 N–H and O–H groups in total. The van der Waals surface area contributed by atoms with Gasteiger partial charge in [-0.25, -0.2) is 0 Å². The van der Waals surface area contributed by atoms with Crippen LogP contribution in [0.2, 0.25) is 0 Å². The lowest BCUT2D eigenvalue weighted by atomic mass is 10.2.